The molecule has 3 aliphatic rings. The Labute approximate surface area is 204 Å². The van der Waals surface area contributed by atoms with E-state index in [1.54, 1.807) is 0 Å². The molecular formula is C28H30N2O5. The predicted octanol–water partition coefficient (Wildman–Crippen LogP) is 4.23. The van der Waals surface area contributed by atoms with Crippen LogP contribution in [0.25, 0.3) is 11.1 Å². The first-order valence-corrected chi connectivity index (χ1v) is 12.3. The average molecular weight is 475 g/mol. The zero-order chi connectivity index (χ0) is 24.4. The number of carboxylic acids is 1. The van der Waals surface area contributed by atoms with Crippen molar-refractivity contribution < 1.29 is 24.2 Å². The van der Waals surface area contributed by atoms with Crippen molar-refractivity contribution in [1.82, 2.24) is 10.6 Å². The molecule has 2 aromatic carbocycles. The lowest BCUT2D eigenvalue weighted by molar-refractivity contribution is -0.142. The van der Waals surface area contributed by atoms with Gasteiger partial charge in [-0.05, 0) is 47.4 Å². The van der Waals surface area contributed by atoms with Crippen LogP contribution in [-0.4, -0.2) is 41.8 Å². The fraction of sp³-hybridized carbons (Fsp3) is 0.393. The van der Waals surface area contributed by atoms with E-state index in [1.807, 2.05) is 36.4 Å². The number of alkyl carbamates (subject to hydrolysis) is 1. The number of hydrogen-bond acceptors (Lipinski definition) is 4. The van der Waals surface area contributed by atoms with Crippen molar-refractivity contribution >= 4 is 18.0 Å². The highest BCUT2D eigenvalue weighted by atomic mass is 16.5. The van der Waals surface area contributed by atoms with E-state index in [4.69, 9.17) is 4.74 Å². The number of carbonyl (C=O) groups is 3. The molecule has 0 radical (unpaired) electrons. The van der Waals surface area contributed by atoms with Gasteiger partial charge >= 0.3 is 12.1 Å². The van der Waals surface area contributed by atoms with Crippen molar-refractivity contribution in [3.05, 3.63) is 71.8 Å². The minimum absolute atomic E-state index is 0.0204. The maximum absolute atomic E-state index is 12.7. The van der Waals surface area contributed by atoms with E-state index in [-0.39, 0.29) is 30.4 Å². The first-order chi connectivity index (χ1) is 17.0. The molecule has 5 rings (SSSR count). The molecule has 1 saturated carbocycles. The Morgan fingerprint density at radius 3 is 2.29 bits per heavy atom. The molecule has 0 spiro atoms. The summed E-state index contributed by atoms with van der Waals surface area (Å²) >= 11 is 0. The van der Waals surface area contributed by atoms with Crippen molar-refractivity contribution in [2.75, 3.05) is 6.61 Å². The topological polar surface area (TPSA) is 105 Å². The highest BCUT2D eigenvalue weighted by molar-refractivity contribution is 5.85. The van der Waals surface area contributed by atoms with E-state index in [0.717, 1.165) is 24.0 Å². The van der Waals surface area contributed by atoms with Crippen LogP contribution >= 0.6 is 0 Å². The van der Waals surface area contributed by atoms with Crippen LogP contribution in [0.2, 0.25) is 0 Å². The smallest absolute Gasteiger partial charge is 0.407 e. The first kappa shape index (κ1) is 23.1. The summed E-state index contributed by atoms with van der Waals surface area (Å²) in [6.07, 6.45) is 6.65. The second-order valence-electron chi connectivity index (χ2n) is 9.75. The molecule has 1 fully saturated rings. The highest BCUT2D eigenvalue weighted by Gasteiger charge is 2.33. The van der Waals surface area contributed by atoms with Crippen LogP contribution in [-0.2, 0) is 14.3 Å². The first-order valence-electron chi connectivity index (χ1n) is 12.3. The van der Waals surface area contributed by atoms with Crippen molar-refractivity contribution in [1.29, 1.82) is 0 Å². The number of aliphatic carboxylic acids is 1. The second kappa shape index (κ2) is 9.94. The lowest BCUT2D eigenvalue weighted by Gasteiger charge is -2.26. The van der Waals surface area contributed by atoms with E-state index in [1.165, 1.54) is 11.1 Å². The molecule has 2 aromatic rings. The molecule has 0 bridgehead atoms. The number of allylic oxidation sites excluding steroid dienone is 1. The standard InChI is InChI=1S/C28H30N2O5/c31-26(30-25(27(32)33)14-17-12-13-17)18-6-5-7-19(15-18)29-28(34)35-16-24-22-10-3-1-8-20(22)21-9-2-4-11-23(21)24/h1-5,7-11,17-19,24-25H,6,12-16H2,(H,29,34)(H,30,31)(H,32,33)/t18?,19?,25-/m0/s1. The highest BCUT2D eigenvalue weighted by Crippen LogP contribution is 2.44. The van der Waals surface area contributed by atoms with Crippen LogP contribution in [0.3, 0.4) is 0 Å². The van der Waals surface area contributed by atoms with Gasteiger partial charge in [0.25, 0.3) is 0 Å². The molecule has 0 saturated heterocycles. The third-order valence-electron chi connectivity index (χ3n) is 7.23. The van der Waals surface area contributed by atoms with Crippen molar-refractivity contribution in [2.24, 2.45) is 11.8 Å². The van der Waals surface area contributed by atoms with E-state index in [2.05, 4.69) is 34.9 Å². The van der Waals surface area contributed by atoms with E-state index in [9.17, 15) is 19.5 Å². The minimum atomic E-state index is -0.995. The number of carboxylic acid groups (broad SMARTS) is 1. The number of rotatable bonds is 8. The van der Waals surface area contributed by atoms with Crippen LogP contribution in [0, 0.1) is 11.8 Å². The Morgan fingerprint density at radius 2 is 1.66 bits per heavy atom. The quantitative estimate of drug-likeness (QED) is 0.497. The number of fused-ring (bicyclic) bond motifs is 3. The molecular weight excluding hydrogens is 444 g/mol. The number of amides is 2. The molecule has 0 heterocycles. The Morgan fingerprint density at radius 1 is 1.00 bits per heavy atom. The van der Waals surface area contributed by atoms with Crippen LogP contribution in [0.15, 0.2) is 60.7 Å². The van der Waals surface area contributed by atoms with Gasteiger partial charge in [-0.25, -0.2) is 9.59 Å². The van der Waals surface area contributed by atoms with Gasteiger partial charge in [-0.3, -0.25) is 4.79 Å². The summed E-state index contributed by atoms with van der Waals surface area (Å²) in [5.74, 6) is -1.29. The van der Waals surface area contributed by atoms with Gasteiger partial charge in [-0.2, -0.15) is 0 Å². The lowest BCUT2D eigenvalue weighted by atomic mass is 9.90. The van der Waals surface area contributed by atoms with Gasteiger partial charge in [0.1, 0.15) is 12.6 Å². The zero-order valence-electron chi connectivity index (χ0n) is 19.5. The monoisotopic (exact) mass is 474 g/mol. The fourth-order valence-corrected chi connectivity index (χ4v) is 5.20. The van der Waals surface area contributed by atoms with Crippen molar-refractivity contribution in [2.45, 2.75) is 50.1 Å². The van der Waals surface area contributed by atoms with E-state index < -0.39 is 18.1 Å². The normalized spacial score (nSPS) is 21.5. The van der Waals surface area contributed by atoms with Gasteiger partial charge in [-0.15, -0.1) is 0 Å². The molecule has 7 nitrogen and oxygen atoms in total. The second-order valence-corrected chi connectivity index (χ2v) is 9.75. The van der Waals surface area contributed by atoms with Crippen LogP contribution in [0.1, 0.15) is 49.1 Å². The fourth-order valence-electron chi connectivity index (χ4n) is 5.20. The number of ether oxygens (including phenoxy) is 1. The molecule has 2 unspecified atom stereocenters. The number of nitrogens with one attached hydrogen (secondary N) is 2. The van der Waals surface area contributed by atoms with Crippen LogP contribution in [0.5, 0.6) is 0 Å². The largest absolute Gasteiger partial charge is 0.480 e. The minimum Gasteiger partial charge on any atom is -0.480 e. The molecule has 0 aromatic heterocycles. The van der Waals surface area contributed by atoms with Gasteiger partial charge in [0.15, 0.2) is 0 Å². The molecule has 3 N–H and O–H groups in total. The number of hydrogen-bond donors (Lipinski definition) is 3. The van der Waals surface area contributed by atoms with Crippen LogP contribution < -0.4 is 10.6 Å². The third kappa shape index (κ3) is 5.24. The van der Waals surface area contributed by atoms with Gasteiger partial charge in [-0.1, -0.05) is 73.5 Å². The number of carbonyl (C=O) groups excluding carboxylic acids is 2. The summed E-state index contributed by atoms with van der Waals surface area (Å²) in [6, 6.07) is 15.1. The van der Waals surface area contributed by atoms with Crippen molar-refractivity contribution in [3.8, 4) is 11.1 Å². The summed E-state index contributed by atoms with van der Waals surface area (Å²) in [4.78, 5) is 36.9. The Kier molecular flexibility index (Phi) is 6.57. The SMILES string of the molecule is O=C(NC1C=CCC(C(=O)N[C@@H](CC2CC2)C(=O)O)C1)OCC1c2ccccc2-c2ccccc21. The maximum atomic E-state index is 12.7. The Bertz CT molecular complexity index is 1110. The number of benzene rings is 2. The lowest BCUT2D eigenvalue weighted by Crippen LogP contribution is -2.46. The van der Waals surface area contributed by atoms with Gasteiger partial charge < -0.3 is 20.5 Å². The summed E-state index contributed by atoms with van der Waals surface area (Å²) < 4.78 is 5.62. The van der Waals surface area contributed by atoms with Crippen LogP contribution in [0.4, 0.5) is 4.79 Å². The third-order valence-corrected chi connectivity index (χ3v) is 7.23. The van der Waals surface area contributed by atoms with Gasteiger partial charge in [0.2, 0.25) is 5.91 Å². The van der Waals surface area contributed by atoms with Gasteiger partial charge in [0, 0.05) is 11.8 Å². The summed E-state index contributed by atoms with van der Waals surface area (Å²) in [5, 5.41) is 15.0. The van der Waals surface area contributed by atoms with E-state index >= 15 is 0 Å². The molecule has 182 valence electrons. The molecule has 35 heavy (non-hydrogen) atoms. The Balaban J connectivity index is 1.15. The summed E-state index contributed by atoms with van der Waals surface area (Å²) in [6.45, 7) is 0.224. The maximum Gasteiger partial charge on any atom is 0.407 e. The average Bonchev–Trinajstić information content (AvgIpc) is 3.63. The molecule has 2 amide bonds. The zero-order valence-corrected chi connectivity index (χ0v) is 19.5. The summed E-state index contributed by atoms with van der Waals surface area (Å²) in [7, 11) is 0. The molecule has 3 aliphatic carbocycles. The Hall–Kier alpha value is -3.61. The molecule has 3 atom stereocenters. The predicted molar refractivity (Wildman–Crippen MR) is 131 cm³/mol. The van der Waals surface area contributed by atoms with E-state index in [0.29, 0.717) is 25.2 Å². The molecule has 7 heteroatoms. The van der Waals surface area contributed by atoms with Crippen molar-refractivity contribution in [3.63, 3.8) is 0 Å². The van der Waals surface area contributed by atoms with Gasteiger partial charge in [0.05, 0.1) is 6.04 Å². The summed E-state index contributed by atoms with van der Waals surface area (Å²) in [5.41, 5.74) is 4.63. The molecule has 0 aliphatic heterocycles.